The number of amides is 1. The van der Waals surface area contributed by atoms with E-state index in [1.54, 1.807) is 34.3 Å². The Balaban J connectivity index is 1.41. The third-order valence-corrected chi connectivity index (χ3v) is 7.42. The molecule has 0 radical (unpaired) electrons. The van der Waals surface area contributed by atoms with E-state index in [4.69, 9.17) is 9.40 Å². The monoisotopic (exact) mass is 451 g/mol. The summed E-state index contributed by atoms with van der Waals surface area (Å²) in [6.07, 6.45) is 3.59. The molecule has 31 heavy (non-hydrogen) atoms. The number of benzene rings is 1. The van der Waals surface area contributed by atoms with Crippen molar-refractivity contribution >= 4 is 39.9 Å². The first kappa shape index (κ1) is 20.1. The van der Waals surface area contributed by atoms with Crippen molar-refractivity contribution in [3.05, 3.63) is 81.2 Å². The highest BCUT2D eigenvalue weighted by molar-refractivity contribution is 7.99. The lowest BCUT2D eigenvalue weighted by Gasteiger charge is -2.24. The van der Waals surface area contributed by atoms with Gasteiger partial charge in [0.25, 0.3) is 5.56 Å². The van der Waals surface area contributed by atoms with E-state index in [-0.39, 0.29) is 29.8 Å². The summed E-state index contributed by atoms with van der Waals surface area (Å²) in [6.45, 7) is 1.05. The topological polar surface area (TPSA) is 68.3 Å². The second-order valence-electron chi connectivity index (χ2n) is 7.43. The summed E-state index contributed by atoms with van der Waals surface area (Å²) in [6, 6.07) is 15.2. The Morgan fingerprint density at radius 1 is 1.19 bits per heavy atom. The van der Waals surface area contributed by atoms with E-state index in [1.807, 2.05) is 35.2 Å². The minimum absolute atomic E-state index is 0.0767. The van der Waals surface area contributed by atoms with Gasteiger partial charge >= 0.3 is 0 Å². The molecule has 0 aliphatic carbocycles. The molecule has 1 fully saturated rings. The highest BCUT2D eigenvalue weighted by atomic mass is 32.2. The van der Waals surface area contributed by atoms with Gasteiger partial charge in [0.1, 0.15) is 5.76 Å². The van der Waals surface area contributed by atoms with Gasteiger partial charge < -0.3 is 9.32 Å². The molecule has 0 saturated carbocycles. The van der Waals surface area contributed by atoms with E-state index in [0.29, 0.717) is 21.8 Å². The van der Waals surface area contributed by atoms with E-state index in [2.05, 4.69) is 11.4 Å². The van der Waals surface area contributed by atoms with E-state index >= 15 is 0 Å². The lowest BCUT2D eigenvalue weighted by molar-refractivity contribution is -0.129. The quantitative estimate of drug-likeness (QED) is 0.318. The van der Waals surface area contributed by atoms with Crippen molar-refractivity contribution in [1.29, 1.82) is 0 Å². The standard InChI is InChI=1S/C23H21N3O3S2/c27-21(25-11-3-9-19(25)20-10-5-13-30-20)15-31-23-24-18-8-2-1-7-17(18)22(28)26(23)14-16-6-4-12-29-16/h1-2,4-8,10,12-13,19H,3,9,11,14-15H2. The largest absolute Gasteiger partial charge is 0.467 e. The summed E-state index contributed by atoms with van der Waals surface area (Å²) < 4.78 is 7.05. The van der Waals surface area contributed by atoms with Crippen LogP contribution in [-0.4, -0.2) is 32.7 Å². The fraction of sp³-hybridized carbons (Fsp3) is 0.261. The number of hydrogen-bond donors (Lipinski definition) is 0. The van der Waals surface area contributed by atoms with Gasteiger partial charge in [0.15, 0.2) is 5.16 Å². The van der Waals surface area contributed by atoms with Crippen LogP contribution in [0, 0.1) is 0 Å². The minimum Gasteiger partial charge on any atom is -0.467 e. The van der Waals surface area contributed by atoms with Crippen molar-refractivity contribution in [2.24, 2.45) is 0 Å². The summed E-state index contributed by atoms with van der Waals surface area (Å²) in [4.78, 5) is 34.1. The van der Waals surface area contributed by atoms with Crippen LogP contribution in [0.2, 0.25) is 0 Å². The van der Waals surface area contributed by atoms with Crippen molar-refractivity contribution in [2.45, 2.75) is 30.6 Å². The van der Waals surface area contributed by atoms with Crippen LogP contribution in [0.5, 0.6) is 0 Å². The smallest absolute Gasteiger partial charge is 0.262 e. The Bertz CT molecular complexity index is 1250. The molecule has 1 aromatic carbocycles. The SMILES string of the molecule is O=C(CSc1nc2ccccc2c(=O)n1Cc1ccco1)N1CCCC1c1cccs1. The lowest BCUT2D eigenvalue weighted by atomic mass is 10.2. The van der Waals surface area contributed by atoms with Gasteiger partial charge in [-0.15, -0.1) is 11.3 Å². The average Bonchev–Trinajstić information content (AvgIpc) is 3.56. The van der Waals surface area contributed by atoms with Gasteiger partial charge in [0.2, 0.25) is 5.91 Å². The fourth-order valence-corrected chi connectivity index (χ4v) is 5.76. The number of thiophene rings is 1. The first-order valence-electron chi connectivity index (χ1n) is 10.2. The van der Waals surface area contributed by atoms with Crippen LogP contribution < -0.4 is 5.56 Å². The van der Waals surface area contributed by atoms with Crippen LogP contribution in [-0.2, 0) is 11.3 Å². The van der Waals surface area contributed by atoms with Crippen molar-refractivity contribution in [3.63, 3.8) is 0 Å². The van der Waals surface area contributed by atoms with Crippen LogP contribution in [0.25, 0.3) is 10.9 Å². The zero-order valence-electron chi connectivity index (χ0n) is 16.8. The molecule has 5 rings (SSSR count). The molecule has 158 valence electrons. The molecule has 0 N–H and O–H groups in total. The van der Waals surface area contributed by atoms with Crippen LogP contribution in [0.4, 0.5) is 0 Å². The number of fused-ring (bicyclic) bond motifs is 1. The second kappa shape index (κ2) is 8.72. The second-order valence-corrected chi connectivity index (χ2v) is 9.35. The Labute approximate surface area is 187 Å². The molecular formula is C23H21N3O3S2. The molecule has 1 amide bonds. The van der Waals surface area contributed by atoms with Crippen LogP contribution in [0.1, 0.15) is 29.5 Å². The van der Waals surface area contributed by atoms with Gasteiger partial charge in [0, 0.05) is 11.4 Å². The van der Waals surface area contributed by atoms with Crippen molar-refractivity contribution < 1.29 is 9.21 Å². The molecule has 0 spiro atoms. The van der Waals surface area contributed by atoms with Crippen molar-refractivity contribution in [2.75, 3.05) is 12.3 Å². The summed E-state index contributed by atoms with van der Waals surface area (Å²) in [7, 11) is 0. The lowest BCUT2D eigenvalue weighted by Crippen LogP contribution is -2.32. The van der Waals surface area contributed by atoms with E-state index in [9.17, 15) is 9.59 Å². The van der Waals surface area contributed by atoms with Gasteiger partial charge in [-0.3, -0.25) is 14.2 Å². The van der Waals surface area contributed by atoms with Crippen LogP contribution in [0.15, 0.2) is 74.5 Å². The molecule has 1 aliphatic rings. The van der Waals surface area contributed by atoms with E-state index in [1.165, 1.54) is 16.6 Å². The maximum absolute atomic E-state index is 13.2. The number of carbonyl (C=O) groups is 1. The van der Waals surface area contributed by atoms with Crippen molar-refractivity contribution in [1.82, 2.24) is 14.5 Å². The predicted octanol–water partition coefficient (Wildman–Crippen LogP) is 4.56. The highest BCUT2D eigenvalue weighted by Crippen LogP contribution is 2.35. The number of para-hydroxylation sites is 1. The van der Waals surface area contributed by atoms with Gasteiger partial charge in [-0.2, -0.15) is 0 Å². The number of thioether (sulfide) groups is 1. The van der Waals surface area contributed by atoms with Gasteiger partial charge in [-0.05, 0) is 48.6 Å². The van der Waals surface area contributed by atoms with Crippen LogP contribution in [0.3, 0.4) is 0 Å². The zero-order valence-corrected chi connectivity index (χ0v) is 18.4. The maximum atomic E-state index is 13.2. The maximum Gasteiger partial charge on any atom is 0.262 e. The first-order chi connectivity index (χ1) is 15.2. The Kier molecular flexibility index (Phi) is 5.65. The number of furan rings is 1. The molecule has 8 heteroatoms. The van der Waals surface area contributed by atoms with Crippen LogP contribution >= 0.6 is 23.1 Å². The molecular weight excluding hydrogens is 430 g/mol. The molecule has 3 aromatic heterocycles. The number of hydrogen-bond acceptors (Lipinski definition) is 6. The molecule has 1 saturated heterocycles. The Morgan fingerprint density at radius 3 is 2.90 bits per heavy atom. The van der Waals surface area contributed by atoms with Crippen molar-refractivity contribution in [3.8, 4) is 0 Å². The average molecular weight is 452 g/mol. The molecule has 0 bridgehead atoms. The molecule has 1 unspecified atom stereocenters. The summed E-state index contributed by atoms with van der Waals surface area (Å²) in [5.41, 5.74) is 0.505. The van der Waals surface area contributed by atoms with E-state index in [0.717, 1.165) is 19.4 Å². The summed E-state index contributed by atoms with van der Waals surface area (Å²) >= 11 is 3.01. The highest BCUT2D eigenvalue weighted by Gasteiger charge is 2.30. The Hall–Kier alpha value is -2.84. The zero-order chi connectivity index (χ0) is 21.2. The number of likely N-dealkylation sites (tertiary alicyclic amines) is 1. The normalized spacial score (nSPS) is 16.3. The molecule has 4 heterocycles. The van der Waals surface area contributed by atoms with Gasteiger partial charge in [0.05, 0.1) is 35.5 Å². The summed E-state index contributed by atoms with van der Waals surface area (Å²) in [5, 5.41) is 3.14. The number of aromatic nitrogens is 2. The molecule has 1 aliphatic heterocycles. The van der Waals surface area contributed by atoms with Gasteiger partial charge in [-0.25, -0.2) is 4.98 Å². The number of rotatable bonds is 6. The molecule has 6 nitrogen and oxygen atoms in total. The predicted molar refractivity (Wildman–Crippen MR) is 123 cm³/mol. The molecule has 1 atom stereocenters. The van der Waals surface area contributed by atoms with Gasteiger partial charge in [-0.1, -0.05) is 30.0 Å². The minimum atomic E-state index is -0.130. The fourth-order valence-electron chi connectivity index (χ4n) is 4.01. The Morgan fingerprint density at radius 2 is 2.10 bits per heavy atom. The van der Waals surface area contributed by atoms with E-state index < -0.39 is 0 Å². The molecule has 4 aromatic rings. The number of nitrogens with zero attached hydrogens (tertiary/aromatic N) is 3. The number of carbonyl (C=O) groups excluding carboxylic acids is 1. The first-order valence-corrected chi connectivity index (χ1v) is 12.0. The third kappa shape index (κ3) is 4.05. The third-order valence-electron chi connectivity index (χ3n) is 5.49. The summed E-state index contributed by atoms with van der Waals surface area (Å²) in [5.74, 6) is 0.989.